The van der Waals surface area contributed by atoms with Crippen molar-refractivity contribution >= 4 is 27.2 Å². The fourth-order valence-electron chi connectivity index (χ4n) is 2.73. The van der Waals surface area contributed by atoms with Crippen LogP contribution in [0, 0.1) is 0 Å². The first kappa shape index (κ1) is 23.4. The predicted octanol–water partition coefficient (Wildman–Crippen LogP) is 2.03. The van der Waals surface area contributed by atoms with Crippen molar-refractivity contribution in [3.8, 4) is 17.4 Å². The van der Waals surface area contributed by atoms with E-state index in [1.165, 1.54) is 41.3 Å². The third-order valence-electron chi connectivity index (χ3n) is 3.97. The van der Waals surface area contributed by atoms with Crippen LogP contribution in [0.2, 0.25) is 0 Å². The second-order valence-corrected chi connectivity index (χ2v) is 8.83. The van der Waals surface area contributed by atoms with Crippen molar-refractivity contribution in [2.45, 2.75) is 32.7 Å². The van der Waals surface area contributed by atoms with Crippen molar-refractivity contribution in [2.75, 3.05) is 27.4 Å². The van der Waals surface area contributed by atoms with Gasteiger partial charge in [0, 0.05) is 12.6 Å². The number of rotatable bonds is 9. The number of methoxy groups -OCH3 is 2. The van der Waals surface area contributed by atoms with Gasteiger partial charge >= 0.3 is 16.3 Å². The highest BCUT2D eigenvalue weighted by Gasteiger charge is 2.36. The van der Waals surface area contributed by atoms with E-state index in [1.54, 1.807) is 12.1 Å². The maximum absolute atomic E-state index is 12.3. The first-order valence-electron chi connectivity index (χ1n) is 9.03. The fraction of sp³-hybridized carbons (Fsp3) is 0.500. The second-order valence-electron chi connectivity index (χ2n) is 7.22. The molecule has 2 N–H and O–H groups in total. The summed E-state index contributed by atoms with van der Waals surface area (Å²) < 4.78 is 43.5. The van der Waals surface area contributed by atoms with Gasteiger partial charge in [0.2, 0.25) is 5.88 Å². The van der Waals surface area contributed by atoms with Crippen LogP contribution in [0.4, 0.5) is 4.79 Å². The minimum absolute atomic E-state index is 0.0116. The van der Waals surface area contributed by atoms with Gasteiger partial charge < -0.3 is 19.3 Å². The lowest BCUT2D eigenvalue weighted by Crippen LogP contribution is -2.53. The largest absolute Gasteiger partial charge is 0.493 e. The van der Waals surface area contributed by atoms with Crippen molar-refractivity contribution in [1.29, 1.82) is 0 Å². The number of nitrogens with one attached hydrogen (secondary N) is 1. The van der Waals surface area contributed by atoms with E-state index in [2.05, 4.69) is 14.7 Å². The minimum Gasteiger partial charge on any atom is -0.493 e. The van der Waals surface area contributed by atoms with Crippen LogP contribution in [0.3, 0.4) is 0 Å². The summed E-state index contributed by atoms with van der Waals surface area (Å²) in [6, 6.07) is 3.39. The van der Waals surface area contributed by atoms with Crippen molar-refractivity contribution in [3.05, 3.63) is 18.5 Å². The number of carboxylic acid groups (broad SMARTS) is 1. The molecule has 0 fully saturated rings. The molecule has 30 heavy (non-hydrogen) atoms. The summed E-state index contributed by atoms with van der Waals surface area (Å²) in [7, 11) is -1.17. The van der Waals surface area contributed by atoms with Gasteiger partial charge in [-0.25, -0.2) is 14.8 Å². The van der Waals surface area contributed by atoms with E-state index in [9.17, 15) is 18.3 Å². The van der Waals surface area contributed by atoms with E-state index in [4.69, 9.17) is 14.2 Å². The normalized spacial score (nSPS) is 11.9. The molecular formula is C18H26N4O7S. The Morgan fingerprint density at radius 2 is 1.80 bits per heavy atom. The Morgan fingerprint density at radius 3 is 2.37 bits per heavy atom. The second kappa shape index (κ2) is 9.30. The third kappa shape index (κ3) is 5.39. The molecule has 0 radical (unpaired) electrons. The highest BCUT2D eigenvalue weighted by molar-refractivity contribution is 7.87. The number of carbonyl (C=O) groups is 1. The number of hydrogen-bond donors (Lipinski definition) is 2. The maximum Gasteiger partial charge on any atom is 0.422 e. The molecule has 166 valence electrons. The molecule has 0 aliphatic heterocycles. The van der Waals surface area contributed by atoms with E-state index in [0.29, 0.717) is 32.6 Å². The van der Waals surface area contributed by atoms with Gasteiger partial charge in [0.15, 0.2) is 11.5 Å². The molecule has 1 aromatic carbocycles. The van der Waals surface area contributed by atoms with Crippen molar-refractivity contribution in [1.82, 2.24) is 19.0 Å². The van der Waals surface area contributed by atoms with Gasteiger partial charge in [-0.15, -0.1) is 0 Å². The Bertz CT molecular complexity index is 1010. The summed E-state index contributed by atoms with van der Waals surface area (Å²) in [4.78, 5) is 19.6. The Labute approximate surface area is 175 Å². The first-order chi connectivity index (χ1) is 14.0. The molecular weight excluding hydrogens is 416 g/mol. The molecule has 0 atom stereocenters. The quantitative estimate of drug-likeness (QED) is 0.558. The number of nitrogens with zero attached hydrogens (tertiary/aromatic N) is 3. The minimum atomic E-state index is -4.20. The number of hydrogen-bond acceptors (Lipinski definition) is 8. The van der Waals surface area contributed by atoms with Gasteiger partial charge in [0.1, 0.15) is 6.33 Å². The standard InChI is InChI=1S/C18H26N4O7S/c1-18(2,3)22(17(23)24)30(25,26)21-7-6-8-29-16-12-9-14(27-4)15(28-5)10-13(12)19-11-20-16/h9-11,21H,6-8H2,1-5H3,(H,23,24). The zero-order valence-electron chi connectivity index (χ0n) is 17.5. The Balaban J connectivity index is 2.02. The number of benzene rings is 1. The number of fused-ring (bicyclic) bond motifs is 1. The molecule has 11 nitrogen and oxygen atoms in total. The van der Waals surface area contributed by atoms with Crippen LogP contribution in [0.15, 0.2) is 18.5 Å². The van der Waals surface area contributed by atoms with Gasteiger partial charge in [-0.2, -0.15) is 17.4 Å². The molecule has 2 rings (SSSR count). The molecule has 2 aromatic rings. The topological polar surface area (TPSA) is 140 Å². The van der Waals surface area contributed by atoms with Crippen LogP contribution in [0.25, 0.3) is 10.9 Å². The molecule has 1 amide bonds. The van der Waals surface area contributed by atoms with Gasteiger partial charge in [0.25, 0.3) is 0 Å². The van der Waals surface area contributed by atoms with E-state index < -0.39 is 21.8 Å². The van der Waals surface area contributed by atoms with Gasteiger partial charge in [-0.3, -0.25) is 0 Å². The van der Waals surface area contributed by atoms with E-state index in [-0.39, 0.29) is 19.6 Å². The third-order valence-corrected chi connectivity index (χ3v) is 5.73. The SMILES string of the molecule is COc1cc2ncnc(OCCCNS(=O)(=O)N(C(=O)O)C(C)(C)C)c2cc1OC. The molecule has 1 heterocycles. The highest BCUT2D eigenvalue weighted by atomic mass is 32.2. The molecule has 1 aromatic heterocycles. The highest BCUT2D eigenvalue weighted by Crippen LogP contribution is 2.34. The number of amides is 1. The number of ether oxygens (including phenoxy) is 3. The molecule has 0 spiro atoms. The first-order valence-corrected chi connectivity index (χ1v) is 10.5. The number of aromatic nitrogens is 2. The van der Waals surface area contributed by atoms with E-state index in [1.807, 2.05) is 0 Å². The van der Waals surface area contributed by atoms with Gasteiger partial charge in [-0.05, 0) is 33.3 Å². The molecule has 0 bridgehead atoms. The zero-order chi connectivity index (χ0) is 22.5. The Kier molecular flexibility index (Phi) is 7.26. The molecule has 0 saturated carbocycles. The summed E-state index contributed by atoms with van der Waals surface area (Å²) in [5.41, 5.74) is -0.519. The molecule has 0 unspecified atom stereocenters. The Morgan fingerprint density at radius 1 is 1.17 bits per heavy atom. The monoisotopic (exact) mass is 442 g/mol. The smallest absolute Gasteiger partial charge is 0.422 e. The summed E-state index contributed by atoms with van der Waals surface area (Å²) in [5, 5.41) is 9.84. The summed E-state index contributed by atoms with van der Waals surface area (Å²) in [6.45, 7) is 4.61. The molecule has 0 aliphatic carbocycles. The van der Waals surface area contributed by atoms with Crippen LogP contribution in [-0.2, 0) is 10.2 Å². The maximum atomic E-state index is 12.3. The summed E-state index contributed by atoms with van der Waals surface area (Å²) in [6.07, 6.45) is 0.0822. The lowest BCUT2D eigenvalue weighted by Gasteiger charge is -2.31. The summed E-state index contributed by atoms with van der Waals surface area (Å²) in [5.74, 6) is 1.32. The van der Waals surface area contributed by atoms with Gasteiger partial charge in [-0.1, -0.05) is 0 Å². The van der Waals surface area contributed by atoms with Crippen molar-refractivity contribution < 1.29 is 32.5 Å². The predicted molar refractivity (Wildman–Crippen MR) is 109 cm³/mol. The molecule has 0 saturated heterocycles. The van der Waals surface area contributed by atoms with E-state index in [0.717, 1.165) is 0 Å². The lowest BCUT2D eigenvalue weighted by atomic mass is 10.1. The Hall–Kier alpha value is -2.86. The van der Waals surface area contributed by atoms with Crippen LogP contribution in [0.5, 0.6) is 17.4 Å². The average Bonchev–Trinajstić information content (AvgIpc) is 2.64. The summed E-state index contributed by atoms with van der Waals surface area (Å²) >= 11 is 0. The zero-order valence-corrected chi connectivity index (χ0v) is 18.3. The van der Waals surface area contributed by atoms with E-state index >= 15 is 0 Å². The lowest BCUT2D eigenvalue weighted by molar-refractivity contribution is 0.145. The fourth-order valence-corrected chi connectivity index (χ4v) is 4.19. The van der Waals surface area contributed by atoms with Crippen LogP contribution >= 0.6 is 0 Å². The average molecular weight is 442 g/mol. The molecule has 12 heteroatoms. The van der Waals surface area contributed by atoms with Crippen LogP contribution in [0.1, 0.15) is 27.2 Å². The molecule has 0 aliphatic rings. The van der Waals surface area contributed by atoms with Crippen LogP contribution < -0.4 is 18.9 Å². The van der Waals surface area contributed by atoms with Crippen molar-refractivity contribution in [3.63, 3.8) is 0 Å². The van der Waals surface area contributed by atoms with Crippen molar-refractivity contribution in [2.24, 2.45) is 0 Å². The van der Waals surface area contributed by atoms with Gasteiger partial charge in [0.05, 0.1) is 37.3 Å². The van der Waals surface area contributed by atoms with Crippen LogP contribution in [-0.4, -0.2) is 66.8 Å².